The molecule has 6 aromatic heterocycles. The van der Waals surface area contributed by atoms with Gasteiger partial charge in [-0.2, -0.15) is 11.3 Å². The van der Waals surface area contributed by atoms with E-state index in [2.05, 4.69) is 182 Å². The van der Waals surface area contributed by atoms with Gasteiger partial charge in [0.1, 0.15) is 0 Å². The molecule has 446 valence electrons. The lowest BCUT2D eigenvalue weighted by atomic mass is 10.2. The fourth-order valence-corrected chi connectivity index (χ4v) is 17.4. The van der Waals surface area contributed by atoms with Crippen molar-refractivity contribution in [2.45, 2.75) is 74.4 Å². The maximum absolute atomic E-state index is 10.9. The third-order valence-electron chi connectivity index (χ3n) is 8.16. The zero-order valence-corrected chi connectivity index (χ0v) is 64.9. The van der Waals surface area contributed by atoms with Crippen LogP contribution in [0, 0.1) is 13.8 Å². The van der Waals surface area contributed by atoms with E-state index < -0.39 is 11.6 Å². The largest absolute Gasteiger partial charge is 0.349 e. The Balaban J connectivity index is -0.000000261. The third-order valence-corrected chi connectivity index (χ3v) is 22.0. The molecule has 0 spiro atoms. The number of ketones is 2. The number of hydrogen-bond donors (Lipinski definition) is 2. The van der Waals surface area contributed by atoms with Crippen molar-refractivity contribution in [3.8, 4) is 0 Å². The first-order valence-corrected chi connectivity index (χ1v) is 33.0. The lowest BCUT2D eigenvalue weighted by Crippen LogP contribution is -2.25. The Labute approximate surface area is 566 Å². The summed E-state index contributed by atoms with van der Waals surface area (Å²) in [5.74, 6) is -1.36. The molecular weight excluding hydrogens is 1740 g/mol. The molecule has 0 fully saturated rings. The molecule has 6 rings (SSSR count). The number of rotatable bonds is 11. The van der Waals surface area contributed by atoms with Crippen molar-refractivity contribution in [3.05, 3.63) is 120 Å². The van der Waals surface area contributed by atoms with E-state index in [1.807, 2.05) is 67.9 Å². The summed E-state index contributed by atoms with van der Waals surface area (Å²) in [5, 5.41) is 5.24. The average Bonchev–Trinajstić information content (AvgIpc) is 4.25. The summed E-state index contributed by atoms with van der Waals surface area (Å²) in [6, 6.07) is 13.9. The Hall–Kier alpha value is 0.770. The van der Waals surface area contributed by atoms with Crippen LogP contribution >= 0.6 is 224 Å². The van der Waals surface area contributed by atoms with Crippen molar-refractivity contribution in [1.82, 2.24) is 16.0 Å². The van der Waals surface area contributed by atoms with Crippen LogP contribution in [0.25, 0.3) is 0 Å². The number of amides is 2. The zero-order valence-electron chi connectivity index (χ0n) is 44.9. The van der Waals surface area contributed by atoms with E-state index in [0.717, 1.165) is 67.0 Å². The zero-order chi connectivity index (χ0) is 59.5. The molecule has 0 unspecified atom stereocenters. The minimum Gasteiger partial charge on any atom is -0.349 e. The number of aryl methyl sites for hydroxylation is 2. The van der Waals surface area contributed by atoms with Crippen LogP contribution in [0.5, 0.6) is 0 Å². The highest BCUT2D eigenvalue weighted by molar-refractivity contribution is 9.14. The van der Waals surface area contributed by atoms with Crippen molar-refractivity contribution in [3.63, 3.8) is 0 Å². The van der Waals surface area contributed by atoms with Crippen molar-refractivity contribution in [1.29, 1.82) is 0 Å². The van der Waals surface area contributed by atoms with Gasteiger partial charge in [0.05, 0.1) is 56.0 Å². The molecule has 0 aromatic carbocycles. The highest BCUT2D eigenvalue weighted by Gasteiger charge is 2.31. The van der Waals surface area contributed by atoms with Gasteiger partial charge in [-0.3, -0.25) is 28.9 Å². The number of hydroxylamine groups is 4. The van der Waals surface area contributed by atoms with E-state index in [9.17, 15) is 19.2 Å². The maximum atomic E-state index is 10.9. The Kier molecular flexibility index (Phi) is 54.9. The highest BCUT2D eigenvalue weighted by atomic mass is 79.9. The van der Waals surface area contributed by atoms with Gasteiger partial charge in [-0.1, -0.05) is 19.6 Å². The fourth-order valence-electron chi connectivity index (χ4n) is 4.10. The summed E-state index contributed by atoms with van der Waals surface area (Å²) < 4.78 is 30.5. The van der Waals surface area contributed by atoms with Gasteiger partial charge >= 0.3 is 0 Å². The van der Waals surface area contributed by atoms with E-state index in [4.69, 9.17) is 18.9 Å². The number of halogens is 10. The lowest BCUT2D eigenvalue weighted by molar-refractivity contribution is -0.200. The van der Waals surface area contributed by atoms with Crippen molar-refractivity contribution < 1.29 is 52.6 Å². The van der Waals surface area contributed by atoms with Gasteiger partial charge in [0.2, 0.25) is 23.4 Å². The number of Topliss-reactive ketones (excluding diaryl/α,β-unsaturated/α-hetero) is 2. The van der Waals surface area contributed by atoms with Gasteiger partial charge in [0.25, 0.3) is 0 Å². The van der Waals surface area contributed by atoms with Gasteiger partial charge in [-0.25, -0.2) is 16.0 Å². The van der Waals surface area contributed by atoms with Crippen LogP contribution in [-0.4, -0.2) is 92.3 Å². The van der Waals surface area contributed by atoms with Crippen LogP contribution in [0.15, 0.2) is 90.7 Å². The second-order valence-electron chi connectivity index (χ2n) is 13.8. The van der Waals surface area contributed by atoms with Crippen molar-refractivity contribution >= 4 is 247 Å². The number of methoxy groups -OCH3 is 4. The molecule has 14 nitrogen and oxygen atoms in total. The monoisotopic (exact) mass is 1800 g/mol. The smallest absolute Gasteiger partial charge is 0.242 e. The number of nitrogens with one attached hydrogen (secondary N) is 2. The predicted octanol–water partition coefficient (Wildman–Crippen LogP) is 19.8. The van der Waals surface area contributed by atoms with Crippen molar-refractivity contribution in [2.24, 2.45) is 0 Å². The Bertz CT molecular complexity index is 2400. The molecule has 78 heavy (non-hydrogen) atoms. The highest BCUT2D eigenvalue weighted by Crippen LogP contribution is 2.41. The topological polar surface area (TPSA) is 160 Å². The van der Waals surface area contributed by atoms with Gasteiger partial charge in [0, 0.05) is 88.5 Å². The predicted molar refractivity (Wildman–Crippen MR) is 364 cm³/mol. The normalized spacial score (nSPS) is 9.82. The number of carbonyl (C=O) groups excluding carboxylic acids is 4. The summed E-state index contributed by atoms with van der Waals surface area (Å²) in [4.78, 5) is 60.7. The third kappa shape index (κ3) is 37.9. The molecule has 2 N–H and O–H groups in total. The van der Waals surface area contributed by atoms with E-state index in [1.54, 1.807) is 109 Å². The van der Waals surface area contributed by atoms with Crippen LogP contribution in [0.3, 0.4) is 0 Å². The minimum atomic E-state index is -0.671. The van der Waals surface area contributed by atoms with Crippen LogP contribution in [0.4, 0.5) is 0 Å². The molecule has 0 saturated heterocycles. The Morgan fingerprint density at radius 3 is 1.06 bits per heavy atom. The number of hydrogen-bond acceptors (Lipinski definition) is 18. The van der Waals surface area contributed by atoms with Crippen LogP contribution in [0.2, 0.25) is 0 Å². The maximum Gasteiger partial charge on any atom is 0.242 e. The Morgan fingerprint density at radius 2 is 0.897 bits per heavy atom. The molecule has 0 bridgehead atoms. The van der Waals surface area contributed by atoms with Gasteiger partial charge in [-0.15, -0.1) is 69.1 Å². The van der Waals surface area contributed by atoms with Crippen LogP contribution in [0.1, 0.15) is 87.8 Å². The lowest BCUT2D eigenvalue weighted by Gasteiger charge is -2.25. The first-order valence-electron chi connectivity index (χ1n) is 20.9. The van der Waals surface area contributed by atoms with Crippen LogP contribution < -0.4 is 11.0 Å². The van der Waals surface area contributed by atoms with Crippen molar-refractivity contribution in [2.75, 3.05) is 63.9 Å². The molecule has 0 saturated carbocycles. The summed E-state index contributed by atoms with van der Waals surface area (Å²) in [6.07, 6.45) is 0. The Morgan fingerprint density at radius 1 is 0.538 bits per heavy atom. The molecule has 6 heterocycles. The number of nitrogens with zero attached hydrogens (tertiary/aromatic N) is 1. The van der Waals surface area contributed by atoms with E-state index in [1.165, 1.54) is 55.6 Å². The van der Waals surface area contributed by atoms with E-state index in [0.29, 0.717) is 0 Å². The van der Waals surface area contributed by atoms with Gasteiger partial charge in [-0.05, 0) is 226 Å². The molecule has 0 radical (unpaired) electrons. The number of ether oxygens (including phenoxy) is 4. The summed E-state index contributed by atoms with van der Waals surface area (Å²) >= 11 is 39.9. The van der Waals surface area contributed by atoms with E-state index >= 15 is 0 Å². The molecule has 0 aliphatic rings. The average molecular weight is 1810 g/mol. The first-order chi connectivity index (χ1) is 35.3. The molecule has 2 amide bonds. The molecule has 30 heteroatoms. The molecule has 0 aliphatic carbocycles. The standard InChI is InChI=1S/C9H13BrO2S.C8H10Br2O2S.C7H7BrOS.C6H4Br2OS.C4HBr3S.C4H9NO2.C4H4S.C3H7NO2.C2H7NO.CH4.ClH/c1-6-5-7(10)8(13-6)9(2,11-3)12-4;1-8(11-2,12-3)7-5(9)4-6(10)13-7;1-4-3-6(8)7(10-4)5(2)9;1-3(9)6-4(7)2-5(8)10-6;5-2-1-3(6)8-4(2)7;1-4(6)5(2)7-3;1-2-4-5-3-1;1-3(5)4-6-2;1-3-4-2;;/h5H,1-4H3;4H,1-3H3;3H,1-2H3;2H,1H3;1H;1-3H3;1-4H;1-2H3,(H,4,5);3H,1-2H3;1H4;1H. The van der Waals surface area contributed by atoms with Gasteiger partial charge < -0.3 is 23.8 Å². The first kappa shape index (κ1) is 87.5. The summed E-state index contributed by atoms with van der Waals surface area (Å²) in [7, 11) is 14.2. The summed E-state index contributed by atoms with van der Waals surface area (Å²) in [5.41, 5.74) is 4.50. The SMILES string of the molecule is Brc1cc(Br)c(Br)s1.C.CC(=O)c1sc(Br)cc1Br.CC(=O)c1sc(C)cc1Br.CNOC.COC(C)(OC)c1sc(Br)cc1Br.COC(C)(OC)c1sc(C)cc1Br.CON(C)C(C)=O.CONC(C)=O.Cl.c1ccsc1. The second-order valence-corrected chi connectivity index (χ2v) is 30.0. The molecule has 0 aliphatic heterocycles. The summed E-state index contributed by atoms with van der Waals surface area (Å²) in [6.45, 7) is 13.8. The molecule has 0 atom stereocenters. The minimum absolute atomic E-state index is 0. The number of carbonyl (C=O) groups is 4. The molecule has 6 aromatic rings. The van der Waals surface area contributed by atoms with Gasteiger partial charge in [0.15, 0.2) is 11.6 Å². The quantitative estimate of drug-likeness (QED) is 0.0719. The molecular formula is C48H67Br9ClN3O11S6. The number of thiophene rings is 6. The van der Waals surface area contributed by atoms with Crippen LogP contribution in [-0.2, 0) is 54.6 Å². The fraction of sp³-hybridized carbons (Fsp3) is 0.417. The van der Waals surface area contributed by atoms with E-state index in [-0.39, 0.29) is 43.2 Å². The second kappa shape index (κ2) is 48.9.